The van der Waals surface area contributed by atoms with Crippen LogP contribution in [-0.4, -0.2) is 17.5 Å². The van der Waals surface area contributed by atoms with Crippen LogP contribution in [0, 0.1) is 13.8 Å². The number of nitrogens with one attached hydrogen (secondary N) is 2. The Morgan fingerprint density at radius 2 is 1.43 bits per heavy atom. The lowest BCUT2D eigenvalue weighted by Gasteiger charge is -2.25. The molecule has 1 aliphatic rings. The van der Waals surface area contributed by atoms with Crippen LogP contribution >= 0.6 is 0 Å². The lowest BCUT2D eigenvalue weighted by molar-refractivity contribution is 0.0921. The highest BCUT2D eigenvalue weighted by atomic mass is 16.4. The molecule has 2 N–H and O–H groups in total. The first-order valence-corrected chi connectivity index (χ1v) is 12.3. The third-order valence-corrected chi connectivity index (χ3v) is 6.46. The maximum Gasteiger partial charge on any atom is 0.306 e. The summed E-state index contributed by atoms with van der Waals surface area (Å²) in [4.78, 5) is 26.2. The van der Waals surface area contributed by atoms with Crippen LogP contribution in [0.4, 0.5) is 11.4 Å². The molecule has 0 aliphatic heterocycles. The molecule has 0 atom stereocenters. The Morgan fingerprint density at radius 1 is 0.811 bits per heavy atom. The predicted octanol–water partition coefficient (Wildman–Crippen LogP) is 5.85. The minimum Gasteiger partial charge on any atom is -0.455 e. The van der Waals surface area contributed by atoms with Crippen molar-refractivity contribution in [3.05, 3.63) is 119 Å². The molecule has 0 spiro atoms. The molecular weight excluding hydrogens is 464 g/mol. The molecule has 0 bridgehead atoms. The van der Waals surface area contributed by atoms with E-state index in [1.807, 2.05) is 92.7 Å². The van der Waals surface area contributed by atoms with Crippen LogP contribution in [0.3, 0.4) is 0 Å². The molecule has 1 aromatic heterocycles. The van der Waals surface area contributed by atoms with Crippen molar-refractivity contribution >= 4 is 28.9 Å². The van der Waals surface area contributed by atoms with Gasteiger partial charge in [-0.05, 0) is 62.6 Å². The molecule has 2 amide bonds. The van der Waals surface area contributed by atoms with Gasteiger partial charge in [-0.3, -0.25) is 20.0 Å². The molecular formula is C30H28N4O3. The zero-order valence-corrected chi connectivity index (χ0v) is 20.8. The molecule has 0 saturated heterocycles. The Labute approximate surface area is 215 Å². The second kappa shape index (κ2) is 10.5. The van der Waals surface area contributed by atoms with Gasteiger partial charge in [0.1, 0.15) is 5.76 Å². The van der Waals surface area contributed by atoms with Crippen molar-refractivity contribution in [2.45, 2.75) is 33.1 Å². The number of hydrogen-bond acceptors (Lipinski definition) is 5. The number of rotatable bonds is 6. The van der Waals surface area contributed by atoms with Gasteiger partial charge in [0.05, 0.1) is 17.1 Å². The van der Waals surface area contributed by atoms with Gasteiger partial charge in [-0.15, -0.1) is 0 Å². The van der Waals surface area contributed by atoms with Crippen LogP contribution in [0.5, 0.6) is 0 Å². The number of carbonyl (C=O) groups is 2. The fourth-order valence-electron chi connectivity index (χ4n) is 4.59. The van der Waals surface area contributed by atoms with Gasteiger partial charge in [0.25, 0.3) is 5.91 Å². The number of aryl methyl sites for hydroxylation is 2. The van der Waals surface area contributed by atoms with Crippen LogP contribution in [0.25, 0.3) is 0 Å². The number of hydrogen-bond donors (Lipinski definition) is 2. The molecule has 0 saturated carbocycles. The predicted molar refractivity (Wildman–Crippen MR) is 144 cm³/mol. The molecule has 1 aliphatic carbocycles. The van der Waals surface area contributed by atoms with Crippen molar-refractivity contribution in [1.82, 2.24) is 10.9 Å². The van der Waals surface area contributed by atoms with E-state index in [0.717, 1.165) is 28.9 Å². The van der Waals surface area contributed by atoms with Crippen LogP contribution in [0.2, 0.25) is 0 Å². The Balaban J connectivity index is 1.42. The monoisotopic (exact) mass is 492 g/mol. The zero-order valence-electron chi connectivity index (χ0n) is 20.8. The van der Waals surface area contributed by atoms with Crippen LogP contribution in [0.1, 0.15) is 56.2 Å². The Hall–Kier alpha value is -4.65. The molecule has 0 unspecified atom stereocenters. The summed E-state index contributed by atoms with van der Waals surface area (Å²) >= 11 is 0. The number of para-hydroxylation sites is 2. The van der Waals surface area contributed by atoms with E-state index >= 15 is 0 Å². The lowest BCUT2D eigenvalue weighted by Crippen LogP contribution is -2.39. The van der Waals surface area contributed by atoms with Gasteiger partial charge in [-0.1, -0.05) is 54.6 Å². The average Bonchev–Trinajstić information content (AvgIpc) is 3.28. The maximum absolute atomic E-state index is 13.5. The van der Waals surface area contributed by atoms with Crippen molar-refractivity contribution in [3.8, 4) is 0 Å². The highest BCUT2D eigenvalue weighted by Crippen LogP contribution is 2.31. The highest BCUT2D eigenvalue weighted by molar-refractivity contribution is 6.07. The van der Waals surface area contributed by atoms with Crippen LogP contribution in [0.15, 0.2) is 94.4 Å². The van der Waals surface area contributed by atoms with Gasteiger partial charge in [-0.25, -0.2) is 5.43 Å². The van der Waals surface area contributed by atoms with Crippen molar-refractivity contribution < 1.29 is 14.0 Å². The second-order valence-corrected chi connectivity index (χ2v) is 8.97. The number of nitrogens with zero attached hydrogens (tertiary/aromatic N) is 2. The van der Waals surface area contributed by atoms with Crippen LogP contribution in [-0.2, 0) is 6.42 Å². The molecule has 37 heavy (non-hydrogen) atoms. The third-order valence-electron chi connectivity index (χ3n) is 6.46. The fourth-order valence-corrected chi connectivity index (χ4v) is 4.59. The first kappa shape index (κ1) is 24.1. The van der Waals surface area contributed by atoms with E-state index in [1.165, 1.54) is 0 Å². The van der Waals surface area contributed by atoms with Gasteiger partial charge in [0.2, 0.25) is 0 Å². The van der Waals surface area contributed by atoms with E-state index in [9.17, 15) is 9.59 Å². The Bertz CT molecular complexity index is 1420. The summed E-state index contributed by atoms with van der Waals surface area (Å²) in [6, 6.07) is 26.6. The zero-order chi connectivity index (χ0) is 25.8. The first-order chi connectivity index (χ1) is 18.0. The van der Waals surface area contributed by atoms with E-state index in [2.05, 4.69) is 16.0 Å². The van der Waals surface area contributed by atoms with Crippen molar-refractivity contribution in [3.63, 3.8) is 0 Å². The molecule has 0 fully saturated rings. The minimum absolute atomic E-state index is 0.238. The Morgan fingerprint density at radius 3 is 2.08 bits per heavy atom. The summed E-state index contributed by atoms with van der Waals surface area (Å²) in [5.74, 6) is 0.326. The number of amides is 2. The fraction of sp³-hybridized carbons (Fsp3) is 0.167. The van der Waals surface area contributed by atoms with Crippen molar-refractivity contribution in [1.29, 1.82) is 0 Å². The summed E-state index contributed by atoms with van der Waals surface area (Å²) in [6.45, 7) is 3.75. The molecule has 3 aromatic carbocycles. The Kier molecular flexibility index (Phi) is 6.85. The smallest absolute Gasteiger partial charge is 0.306 e. The highest BCUT2D eigenvalue weighted by Gasteiger charge is 2.29. The number of benzene rings is 3. The summed E-state index contributed by atoms with van der Waals surface area (Å²) in [7, 11) is 0. The maximum atomic E-state index is 13.5. The van der Waals surface area contributed by atoms with Gasteiger partial charge < -0.3 is 4.42 Å². The quantitative estimate of drug-likeness (QED) is 0.331. The first-order valence-electron chi connectivity index (χ1n) is 12.3. The number of carbonyl (C=O) groups excluding carboxylic acids is 2. The number of hydrazine groups is 1. The van der Waals surface area contributed by atoms with Crippen molar-refractivity contribution in [2.75, 3.05) is 5.01 Å². The van der Waals surface area contributed by atoms with E-state index < -0.39 is 0 Å². The summed E-state index contributed by atoms with van der Waals surface area (Å²) in [5, 5.41) is 6.18. The lowest BCUT2D eigenvalue weighted by atomic mass is 9.93. The van der Waals surface area contributed by atoms with Gasteiger partial charge in [0.15, 0.2) is 5.76 Å². The standard InChI is InChI=1S/C30H28N4O3/c1-20-12-9-10-17-24(20)29(35)32-31-25-18-11-19-26-27(25)21(2)28(37-26)30(36)33-34(22-13-5-3-6-14-22)23-15-7-4-8-16-23/h3-10,12-17H,11,18-19H2,1-2H3,(H,32,35)(H,33,36)/b31-25+. The summed E-state index contributed by atoms with van der Waals surface area (Å²) in [5.41, 5.74) is 11.0. The SMILES string of the molecule is Cc1ccccc1C(=O)N/N=C1\CCCc2oc(C(=O)NN(c3ccccc3)c3ccccc3)c(C)c21. The van der Waals surface area contributed by atoms with E-state index in [4.69, 9.17) is 4.42 Å². The topological polar surface area (TPSA) is 86.9 Å². The minimum atomic E-state index is -0.358. The molecule has 5 rings (SSSR count). The van der Waals surface area contributed by atoms with Gasteiger partial charge in [-0.2, -0.15) is 5.10 Å². The molecule has 7 heteroatoms. The largest absolute Gasteiger partial charge is 0.455 e. The van der Waals surface area contributed by atoms with E-state index in [0.29, 0.717) is 35.4 Å². The van der Waals surface area contributed by atoms with Gasteiger partial charge in [0, 0.05) is 23.1 Å². The average molecular weight is 493 g/mol. The van der Waals surface area contributed by atoms with Crippen LogP contribution < -0.4 is 15.9 Å². The third kappa shape index (κ3) is 5.02. The number of furan rings is 1. The van der Waals surface area contributed by atoms with Gasteiger partial charge >= 0.3 is 5.91 Å². The molecule has 7 nitrogen and oxygen atoms in total. The number of fused-ring (bicyclic) bond motifs is 1. The number of anilines is 2. The normalized spacial score (nSPS) is 13.6. The molecule has 4 aromatic rings. The number of hydrazone groups is 1. The summed E-state index contributed by atoms with van der Waals surface area (Å²) in [6.07, 6.45) is 2.21. The van der Waals surface area contributed by atoms with E-state index in [-0.39, 0.29) is 17.6 Å². The second-order valence-electron chi connectivity index (χ2n) is 8.97. The molecule has 0 radical (unpaired) electrons. The van der Waals surface area contributed by atoms with Crippen molar-refractivity contribution in [2.24, 2.45) is 5.10 Å². The molecule has 186 valence electrons. The summed E-state index contributed by atoms with van der Waals surface area (Å²) < 4.78 is 6.08. The van der Waals surface area contributed by atoms with E-state index in [1.54, 1.807) is 11.1 Å². The molecule has 1 heterocycles.